The van der Waals surface area contributed by atoms with Gasteiger partial charge in [0.25, 0.3) is 0 Å². The molecule has 0 N–H and O–H groups in total. The fourth-order valence-electron chi connectivity index (χ4n) is 2.52. The van der Waals surface area contributed by atoms with Crippen LogP contribution in [0.15, 0.2) is 6.20 Å². The molecule has 0 radical (unpaired) electrons. The van der Waals surface area contributed by atoms with E-state index < -0.39 is 10.8 Å². The number of hydrogen-bond acceptors (Lipinski definition) is 4. The topological polar surface area (TPSA) is 48.4 Å². The summed E-state index contributed by atoms with van der Waals surface area (Å²) >= 11 is 0. The van der Waals surface area contributed by atoms with Crippen molar-refractivity contribution in [3.8, 4) is 5.75 Å². The second kappa shape index (κ2) is 6.01. The highest BCUT2D eigenvalue weighted by Gasteiger charge is 2.30. The molecule has 1 aromatic rings. The smallest absolute Gasteiger partial charge is 0.128 e. The van der Waals surface area contributed by atoms with Gasteiger partial charge in [-0.25, -0.2) is 0 Å². The molecule has 4 nitrogen and oxygen atoms in total. The molecule has 5 heteroatoms. The van der Waals surface area contributed by atoms with Crippen molar-refractivity contribution in [2.24, 2.45) is 0 Å². The van der Waals surface area contributed by atoms with Crippen LogP contribution >= 0.6 is 0 Å². The Morgan fingerprint density at radius 2 is 2.26 bits per heavy atom. The minimum atomic E-state index is -0.947. The Balaban J connectivity index is 2.17. The molecule has 0 aliphatic carbocycles. The Morgan fingerprint density at radius 3 is 2.84 bits per heavy atom. The molecule has 0 bridgehead atoms. The summed E-state index contributed by atoms with van der Waals surface area (Å²) in [5.41, 5.74) is 2.86. The zero-order valence-corrected chi connectivity index (χ0v) is 12.8. The third-order valence-electron chi connectivity index (χ3n) is 3.67. The molecule has 1 aromatic heterocycles. The maximum atomic E-state index is 12.4. The summed E-state index contributed by atoms with van der Waals surface area (Å²) in [6.07, 6.45) is 2.73. The first kappa shape index (κ1) is 14.5. The first-order valence-electron chi connectivity index (χ1n) is 6.52. The van der Waals surface area contributed by atoms with Crippen molar-refractivity contribution in [3.63, 3.8) is 0 Å². The molecule has 0 saturated carbocycles. The number of pyridine rings is 1. The zero-order chi connectivity index (χ0) is 14.0. The van der Waals surface area contributed by atoms with Gasteiger partial charge in [0.05, 0.1) is 29.9 Å². The van der Waals surface area contributed by atoms with E-state index in [2.05, 4.69) is 4.98 Å². The van der Waals surface area contributed by atoms with Crippen LogP contribution in [0.25, 0.3) is 0 Å². The lowest BCUT2D eigenvalue weighted by atomic mass is 10.1. The van der Waals surface area contributed by atoms with Crippen molar-refractivity contribution in [1.82, 2.24) is 4.98 Å². The van der Waals surface area contributed by atoms with Crippen molar-refractivity contribution in [2.75, 3.05) is 13.7 Å². The third-order valence-corrected chi connectivity index (χ3v) is 5.53. The number of ether oxygens (including phenoxy) is 2. The monoisotopic (exact) mass is 283 g/mol. The Kier molecular flexibility index (Phi) is 4.58. The molecular formula is C14H21NO3S. The molecule has 0 aromatic carbocycles. The summed E-state index contributed by atoms with van der Waals surface area (Å²) in [6.45, 7) is 6.64. The number of nitrogens with zero attached hydrogens (tertiary/aromatic N) is 1. The Labute approximate surface area is 117 Å². The number of hydrogen-bond donors (Lipinski definition) is 0. The second-order valence-corrected chi connectivity index (χ2v) is 6.63. The fourth-order valence-corrected chi connectivity index (χ4v) is 4.16. The number of rotatable bonds is 4. The van der Waals surface area contributed by atoms with E-state index in [4.69, 9.17) is 9.47 Å². The van der Waals surface area contributed by atoms with Crippen molar-refractivity contribution in [3.05, 3.63) is 23.0 Å². The quantitative estimate of drug-likeness (QED) is 0.849. The SMILES string of the molecule is COc1c(C)cnc(C[S@](=O)[C@@H]2CCO[C@H]2C)c1C. The molecule has 2 heterocycles. The van der Waals surface area contributed by atoms with Crippen LogP contribution in [0.5, 0.6) is 5.75 Å². The highest BCUT2D eigenvalue weighted by molar-refractivity contribution is 7.84. The first-order chi connectivity index (χ1) is 9.04. The predicted octanol–water partition coefficient (Wildman–Crippen LogP) is 2.13. The lowest BCUT2D eigenvalue weighted by Crippen LogP contribution is -2.24. The van der Waals surface area contributed by atoms with E-state index in [-0.39, 0.29) is 11.4 Å². The summed E-state index contributed by atoms with van der Waals surface area (Å²) in [4.78, 5) is 4.41. The molecule has 106 valence electrons. The van der Waals surface area contributed by atoms with E-state index >= 15 is 0 Å². The number of aryl methyl sites for hydroxylation is 1. The van der Waals surface area contributed by atoms with Gasteiger partial charge in [-0.1, -0.05) is 0 Å². The molecule has 19 heavy (non-hydrogen) atoms. The minimum Gasteiger partial charge on any atom is -0.496 e. The van der Waals surface area contributed by atoms with E-state index in [1.54, 1.807) is 13.3 Å². The van der Waals surface area contributed by atoms with Gasteiger partial charge in [-0.3, -0.25) is 9.19 Å². The predicted molar refractivity (Wildman–Crippen MR) is 75.9 cm³/mol. The Hall–Kier alpha value is -0.940. The lowest BCUT2D eigenvalue weighted by Gasteiger charge is -2.16. The van der Waals surface area contributed by atoms with Crippen LogP contribution in [-0.4, -0.2) is 34.3 Å². The molecule has 1 aliphatic rings. The van der Waals surface area contributed by atoms with Gasteiger partial charge in [0.15, 0.2) is 0 Å². The summed E-state index contributed by atoms with van der Waals surface area (Å²) in [6, 6.07) is 0. The molecule has 1 fully saturated rings. The van der Waals surface area contributed by atoms with Crippen LogP contribution in [0.2, 0.25) is 0 Å². The van der Waals surface area contributed by atoms with Crippen LogP contribution in [-0.2, 0) is 21.3 Å². The second-order valence-electron chi connectivity index (χ2n) is 4.97. The molecule has 0 unspecified atom stereocenters. The van der Waals surface area contributed by atoms with Crippen molar-refractivity contribution in [1.29, 1.82) is 0 Å². The average Bonchev–Trinajstić information content (AvgIpc) is 2.80. The van der Waals surface area contributed by atoms with Gasteiger partial charge in [0.2, 0.25) is 0 Å². The number of aromatic nitrogens is 1. The van der Waals surface area contributed by atoms with Gasteiger partial charge >= 0.3 is 0 Å². The highest BCUT2D eigenvalue weighted by atomic mass is 32.2. The molecule has 1 aliphatic heterocycles. The molecule has 1 saturated heterocycles. The van der Waals surface area contributed by atoms with Crippen molar-refractivity contribution >= 4 is 10.8 Å². The fraction of sp³-hybridized carbons (Fsp3) is 0.643. The first-order valence-corrected chi connectivity index (χ1v) is 7.90. The molecule has 3 atom stereocenters. The van der Waals surface area contributed by atoms with Crippen LogP contribution in [0.4, 0.5) is 0 Å². The van der Waals surface area contributed by atoms with Gasteiger partial charge < -0.3 is 9.47 Å². The maximum Gasteiger partial charge on any atom is 0.128 e. The van der Waals surface area contributed by atoms with E-state index in [0.717, 1.165) is 29.0 Å². The summed E-state index contributed by atoms with van der Waals surface area (Å²) < 4.78 is 23.3. The van der Waals surface area contributed by atoms with Crippen molar-refractivity contribution < 1.29 is 13.7 Å². The average molecular weight is 283 g/mol. The van der Waals surface area contributed by atoms with Gasteiger partial charge in [0, 0.05) is 34.7 Å². The zero-order valence-electron chi connectivity index (χ0n) is 11.9. The largest absolute Gasteiger partial charge is 0.496 e. The van der Waals surface area contributed by atoms with E-state index in [9.17, 15) is 4.21 Å². The molecule has 0 spiro atoms. The van der Waals surface area contributed by atoms with Gasteiger partial charge in [0.1, 0.15) is 5.75 Å². The molecule has 2 rings (SSSR count). The van der Waals surface area contributed by atoms with E-state index in [0.29, 0.717) is 12.4 Å². The third kappa shape index (κ3) is 2.98. The van der Waals surface area contributed by atoms with Crippen LogP contribution in [0, 0.1) is 13.8 Å². The normalized spacial score (nSPS) is 24.4. The van der Waals surface area contributed by atoms with Gasteiger partial charge in [-0.2, -0.15) is 0 Å². The summed E-state index contributed by atoms with van der Waals surface area (Å²) in [5.74, 6) is 1.32. The van der Waals surface area contributed by atoms with Crippen LogP contribution in [0.1, 0.15) is 30.2 Å². The standard InChI is InChI=1S/C14H21NO3S/c1-9-7-15-12(10(2)14(9)17-4)8-19(16)13-5-6-18-11(13)3/h7,11,13H,5-6,8H2,1-4H3/t11-,13+,19-/m0/s1. The molecular weight excluding hydrogens is 262 g/mol. The summed E-state index contributed by atoms with van der Waals surface area (Å²) in [5, 5.41) is 0.119. The molecule has 0 amide bonds. The van der Waals surface area contributed by atoms with Gasteiger partial charge in [-0.05, 0) is 27.2 Å². The van der Waals surface area contributed by atoms with Crippen LogP contribution < -0.4 is 4.74 Å². The lowest BCUT2D eigenvalue weighted by molar-refractivity contribution is 0.127. The Bertz CT molecular complexity index is 490. The highest BCUT2D eigenvalue weighted by Crippen LogP contribution is 2.27. The minimum absolute atomic E-state index is 0.0773. The Morgan fingerprint density at radius 1 is 1.53 bits per heavy atom. The maximum absolute atomic E-state index is 12.4. The van der Waals surface area contributed by atoms with Gasteiger partial charge in [-0.15, -0.1) is 0 Å². The van der Waals surface area contributed by atoms with E-state index in [1.165, 1.54) is 0 Å². The van der Waals surface area contributed by atoms with Crippen molar-refractivity contribution in [2.45, 2.75) is 44.3 Å². The van der Waals surface area contributed by atoms with E-state index in [1.807, 2.05) is 20.8 Å². The van der Waals surface area contributed by atoms with Crippen LogP contribution in [0.3, 0.4) is 0 Å². The summed E-state index contributed by atoms with van der Waals surface area (Å²) in [7, 11) is 0.709. The number of methoxy groups -OCH3 is 1.